The van der Waals surface area contributed by atoms with Crippen LogP contribution in [0.1, 0.15) is 30.4 Å². The fraction of sp³-hybridized carbons (Fsp3) is 0.562. The van der Waals surface area contributed by atoms with Crippen molar-refractivity contribution in [1.29, 1.82) is 0 Å². The average Bonchev–Trinajstić information content (AvgIpc) is 2.49. The van der Waals surface area contributed by atoms with Crippen molar-refractivity contribution in [3.8, 4) is 0 Å². The Bertz CT molecular complexity index is 534. The normalized spacial score (nSPS) is 19.0. The fourth-order valence-corrected chi connectivity index (χ4v) is 3.04. The van der Waals surface area contributed by atoms with Gasteiger partial charge in [-0.05, 0) is 44.6 Å². The molecule has 1 amide bonds. The summed E-state index contributed by atoms with van der Waals surface area (Å²) in [6.07, 6.45) is -2.79. The van der Waals surface area contributed by atoms with E-state index < -0.39 is 17.2 Å². The van der Waals surface area contributed by atoms with Gasteiger partial charge in [0, 0.05) is 18.9 Å². The molecule has 0 spiro atoms. The summed E-state index contributed by atoms with van der Waals surface area (Å²) in [6.45, 7) is 1.54. The molecule has 22 heavy (non-hydrogen) atoms. The number of nitrogens with zero attached hydrogens (tertiary/aromatic N) is 1. The molecule has 0 saturated carbocycles. The standard InChI is InChI=1S/C16H21F3N2O/c1-20-14(22)11-15(6-8-21(2)9-7-15)12-4-3-5-13(10-12)16(17,18)19/h3-5,10H,6-9,11H2,1-2H3,(H,20,22). The van der Waals surface area contributed by atoms with Gasteiger partial charge >= 0.3 is 6.18 Å². The summed E-state index contributed by atoms with van der Waals surface area (Å²) in [4.78, 5) is 14.0. The summed E-state index contributed by atoms with van der Waals surface area (Å²) in [5.74, 6) is -0.137. The zero-order valence-corrected chi connectivity index (χ0v) is 12.8. The second-order valence-electron chi connectivity index (χ2n) is 6.01. The van der Waals surface area contributed by atoms with Gasteiger partial charge < -0.3 is 10.2 Å². The van der Waals surface area contributed by atoms with Gasteiger partial charge in [-0.25, -0.2) is 0 Å². The zero-order valence-electron chi connectivity index (χ0n) is 12.8. The number of nitrogens with one attached hydrogen (secondary N) is 1. The van der Waals surface area contributed by atoms with Crippen molar-refractivity contribution < 1.29 is 18.0 Å². The predicted octanol–water partition coefficient (Wildman–Crippen LogP) is 2.80. The first-order valence-electron chi connectivity index (χ1n) is 7.34. The molecule has 0 atom stereocenters. The van der Waals surface area contributed by atoms with Gasteiger partial charge in [-0.2, -0.15) is 13.2 Å². The molecule has 0 aromatic heterocycles. The number of carbonyl (C=O) groups is 1. The summed E-state index contributed by atoms with van der Waals surface area (Å²) in [5, 5.41) is 2.59. The lowest BCUT2D eigenvalue weighted by Gasteiger charge is -2.41. The highest BCUT2D eigenvalue weighted by Crippen LogP contribution is 2.40. The summed E-state index contributed by atoms with van der Waals surface area (Å²) in [6, 6.07) is 5.42. The molecule has 1 N–H and O–H groups in total. The van der Waals surface area contributed by atoms with Crippen LogP contribution in [0.25, 0.3) is 0 Å². The molecular formula is C16H21F3N2O. The molecule has 6 heteroatoms. The Kier molecular flexibility index (Phi) is 4.80. The van der Waals surface area contributed by atoms with Crippen LogP contribution in [0.2, 0.25) is 0 Å². The lowest BCUT2D eigenvalue weighted by molar-refractivity contribution is -0.137. The topological polar surface area (TPSA) is 32.3 Å². The van der Waals surface area contributed by atoms with E-state index in [0.29, 0.717) is 18.4 Å². The van der Waals surface area contributed by atoms with E-state index in [1.54, 1.807) is 13.1 Å². The third kappa shape index (κ3) is 3.61. The summed E-state index contributed by atoms with van der Waals surface area (Å²) in [7, 11) is 3.53. The molecule has 0 unspecified atom stereocenters. The quantitative estimate of drug-likeness (QED) is 0.930. The first-order chi connectivity index (χ1) is 10.3. The van der Waals surface area contributed by atoms with Gasteiger partial charge in [0.25, 0.3) is 0 Å². The van der Waals surface area contributed by atoms with Crippen LogP contribution in [-0.4, -0.2) is 38.0 Å². The molecule has 1 aliphatic rings. The minimum atomic E-state index is -4.37. The number of likely N-dealkylation sites (tertiary alicyclic amines) is 1. The Hall–Kier alpha value is -1.56. The molecule has 3 nitrogen and oxygen atoms in total. The van der Waals surface area contributed by atoms with Crippen LogP contribution in [-0.2, 0) is 16.4 Å². The van der Waals surface area contributed by atoms with Crippen LogP contribution in [0, 0.1) is 0 Å². The van der Waals surface area contributed by atoms with Crippen molar-refractivity contribution >= 4 is 5.91 Å². The average molecular weight is 314 g/mol. The van der Waals surface area contributed by atoms with Crippen LogP contribution in [0.3, 0.4) is 0 Å². The Balaban J connectivity index is 2.39. The number of hydrogen-bond donors (Lipinski definition) is 1. The molecule has 1 saturated heterocycles. The van der Waals surface area contributed by atoms with E-state index in [1.165, 1.54) is 12.1 Å². The highest BCUT2D eigenvalue weighted by molar-refractivity contribution is 5.77. The Morgan fingerprint density at radius 1 is 1.32 bits per heavy atom. The third-order valence-corrected chi connectivity index (χ3v) is 4.52. The van der Waals surface area contributed by atoms with Crippen LogP contribution < -0.4 is 5.32 Å². The SMILES string of the molecule is CNC(=O)CC1(c2cccc(C(F)(F)F)c2)CCN(C)CC1. The molecule has 0 radical (unpaired) electrons. The van der Waals surface area contributed by atoms with Crippen LogP contribution in [0.5, 0.6) is 0 Å². The van der Waals surface area contributed by atoms with Gasteiger partial charge in [0.15, 0.2) is 0 Å². The highest BCUT2D eigenvalue weighted by Gasteiger charge is 2.39. The van der Waals surface area contributed by atoms with Crippen LogP contribution in [0.15, 0.2) is 24.3 Å². The van der Waals surface area contributed by atoms with Gasteiger partial charge in [0.2, 0.25) is 5.91 Å². The minimum absolute atomic E-state index is 0.137. The Labute approximate surface area is 128 Å². The van der Waals surface area contributed by atoms with Crippen molar-refractivity contribution in [2.24, 2.45) is 0 Å². The van der Waals surface area contributed by atoms with E-state index in [1.807, 2.05) is 7.05 Å². The molecule has 1 fully saturated rings. The number of carbonyl (C=O) groups excluding carboxylic acids is 1. The smallest absolute Gasteiger partial charge is 0.359 e. The van der Waals surface area contributed by atoms with Crippen molar-refractivity contribution in [2.75, 3.05) is 27.2 Å². The Morgan fingerprint density at radius 2 is 1.95 bits per heavy atom. The zero-order chi connectivity index (χ0) is 16.4. The monoisotopic (exact) mass is 314 g/mol. The number of alkyl halides is 3. The molecule has 1 aromatic rings. The van der Waals surface area contributed by atoms with Crippen molar-refractivity contribution in [2.45, 2.75) is 30.9 Å². The molecule has 122 valence electrons. The lowest BCUT2D eigenvalue weighted by atomic mass is 9.70. The van der Waals surface area contributed by atoms with Crippen molar-refractivity contribution in [3.63, 3.8) is 0 Å². The second kappa shape index (κ2) is 6.28. The number of piperidine rings is 1. The fourth-order valence-electron chi connectivity index (χ4n) is 3.04. The van der Waals surface area contributed by atoms with Gasteiger partial charge in [0.1, 0.15) is 0 Å². The third-order valence-electron chi connectivity index (χ3n) is 4.52. The molecular weight excluding hydrogens is 293 g/mol. The molecule has 1 aromatic carbocycles. The Morgan fingerprint density at radius 3 is 2.50 bits per heavy atom. The van der Waals surface area contributed by atoms with E-state index in [2.05, 4.69) is 10.2 Å². The van der Waals surface area contributed by atoms with E-state index in [-0.39, 0.29) is 12.3 Å². The van der Waals surface area contributed by atoms with Gasteiger partial charge in [0.05, 0.1) is 5.56 Å². The largest absolute Gasteiger partial charge is 0.416 e. The summed E-state index contributed by atoms with van der Waals surface area (Å²) < 4.78 is 38.9. The van der Waals surface area contributed by atoms with Crippen molar-refractivity contribution in [3.05, 3.63) is 35.4 Å². The minimum Gasteiger partial charge on any atom is -0.359 e. The number of halogens is 3. The van der Waals surface area contributed by atoms with Crippen molar-refractivity contribution in [1.82, 2.24) is 10.2 Å². The predicted molar refractivity (Wildman–Crippen MR) is 78.5 cm³/mol. The van der Waals surface area contributed by atoms with Gasteiger partial charge in [-0.15, -0.1) is 0 Å². The summed E-state index contributed by atoms with van der Waals surface area (Å²) >= 11 is 0. The van der Waals surface area contributed by atoms with Gasteiger partial charge in [-0.1, -0.05) is 18.2 Å². The number of hydrogen-bond acceptors (Lipinski definition) is 2. The molecule has 1 heterocycles. The molecule has 2 rings (SSSR count). The first kappa shape index (κ1) is 16.8. The number of rotatable bonds is 3. The van der Waals surface area contributed by atoms with E-state index in [4.69, 9.17) is 0 Å². The maximum absolute atomic E-state index is 13.0. The van der Waals surface area contributed by atoms with Crippen LogP contribution in [0.4, 0.5) is 13.2 Å². The van der Waals surface area contributed by atoms with Gasteiger partial charge in [-0.3, -0.25) is 4.79 Å². The second-order valence-corrected chi connectivity index (χ2v) is 6.01. The summed E-state index contributed by atoms with van der Waals surface area (Å²) in [5.41, 5.74) is -0.562. The molecule has 1 aliphatic heterocycles. The van der Waals surface area contributed by atoms with Crippen LogP contribution >= 0.6 is 0 Å². The molecule has 0 aliphatic carbocycles. The van der Waals surface area contributed by atoms with E-state index >= 15 is 0 Å². The number of benzene rings is 1. The lowest BCUT2D eigenvalue weighted by Crippen LogP contribution is -2.43. The maximum atomic E-state index is 13.0. The number of amides is 1. The highest BCUT2D eigenvalue weighted by atomic mass is 19.4. The first-order valence-corrected chi connectivity index (χ1v) is 7.34. The molecule has 0 bridgehead atoms. The maximum Gasteiger partial charge on any atom is 0.416 e. The van der Waals surface area contributed by atoms with E-state index in [9.17, 15) is 18.0 Å². The van der Waals surface area contributed by atoms with E-state index in [0.717, 1.165) is 19.2 Å².